The number of hydrogen-bond donors (Lipinski definition) is 2. The van der Waals surface area contributed by atoms with Crippen LogP contribution in [0.4, 0.5) is 0 Å². The van der Waals surface area contributed by atoms with Crippen molar-refractivity contribution in [3.63, 3.8) is 0 Å². The maximum absolute atomic E-state index is 12.3. The van der Waals surface area contributed by atoms with E-state index >= 15 is 0 Å². The molecule has 1 unspecified atom stereocenters. The lowest BCUT2D eigenvalue weighted by Gasteiger charge is -2.32. The normalized spacial score (nSPS) is 21.7. The van der Waals surface area contributed by atoms with Gasteiger partial charge in [0.25, 0.3) is 10.0 Å². The Hall–Kier alpha value is -1.45. The molecule has 18 heavy (non-hydrogen) atoms. The average molecular weight is 274 g/mol. The predicted molar refractivity (Wildman–Crippen MR) is 61.2 cm³/mol. The molecule has 1 aliphatic rings. The van der Waals surface area contributed by atoms with Crippen LogP contribution in [0.25, 0.3) is 0 Å². The summed E-state index contributed by atoms with van der Waals surface area (Å²) in [4.78, 5) is 17.9. The van der Waals surface area contributed by atoms with Crippen LogP contribution in [0.2, 0.25) is 0 Å². The molecular weight excluding hydrogens is 260 g/mol. The molecule has 1 saturated heterocycles. The van der Waals surface area contributed by atoms with E-state index in [0.29, 0.717) is 0 Å². The Kier molecular flexibility index (Phi) is 3.64. The second-order valence-corrected chi connectivity index (χ2v) is 5.60. The molecule has 1 fully saturated rings. The van der Waals surface area contributed by atoms with Gasteiger partial charge >= 0.3 is 0 Å². The van der Waals surface area contributed by atoms with Gasteiger partial charge in [-0.15, -0.1) is 0 Å². The Morgan fingerprint density at radius 2 is 2.44 bits per heavy atom. The Morgan fingerprint density at radius 3 is 3.06 bits per heavy atom. The van der Waals surface area contributed by atoms with Gasteiger partial charge in [0.05, 0.1) is 25.7 Å². The van der Waals surface area contributed by atoms with Crippen molar-refractivity contribution in [1.29, 1.82) is 0 Å². The largest absolute Gasteiger partial charge is 0.378 e. The molecule has 0 bridgehead atoms. The lowest BCUT2D eigenvalue weighted by atomic mass is 10.2. The zero-order valence-corrected chi connectivity index (χ0v) is 10.6. The summed E-state index contributed by atoms with van der Waals surface area (Å²) in [5, 5.41) is 2.40. The summed E-state index contributed by atoms with van der Waals surface area (Å²) in [6.07, 6.45) is 2.49. The Balaban J connectivity index is 2.32. The van der Waals surface area contributed by atoms with E-state index in [4.69, 9.17) is 4.74 Å². The molecular formula is C9H14N4O4S. The van der Waals surface area contributed by atoms with Crippen LogP contribution < -0.4 is 5.32 Å². The molecule has 0 aromatic carbocycles. The molecule has 100 valence electrons. The highest BCUT2D eigenvalue weighted by molar-refractivity contribution is 7.89. The highest BCUT2D eigenvalue weighted by Crippen LogP contribution is 2.18. The summed E-state index contributed by atoms with van der Waals surface area (Å²) in [6.45, 7) is 0.452. The number of morpholine rings is 1. The van der Waals surface area contributed by atoms with Gasteiger partial charge in [-0.25, -0.2) is 13.4 Å². The molecule has 1 aliphatic heterocycles. The van der Waals surface area contributed by atoms with E-state index in [2.05, 4.69) is 15.3 Å². The van der Waals surface area contributed by atoms with Crippen LogP contribution in [0.5, 0.6) is 0 Å². The van der Waals surface area contributed by atoms with Crippen LogP contribution in [0.1, 0.15) is 0 Å². The summed E-state index contributed by atoms with van der Waals surface area (Å²) >= 11 is 0. The van der Waals surface area contributed by atoms with Crippen molar-refractivity contribution >= 4 is 15.9 Å². The minimum Gasteiger partial charge on any atom is -0.378 e. The van der Waals surface area contributed by atoms with E-state index in [1.165, 1.54) is 19.6 Å². The van der Waals surface area contributed by atoms with Gasteiger partial charge < -0.3 is 15.0 Å². The standard InChI is InChI=1S/C9H14N4O4S/c1-10-9(14)7-5-17-3-2-13(7)18(15,16)8-4-11-6-12-8/h4,6-7H,2-3,5H2,1H3,(H,10,14)(H,11,12). The van der Waals surface area contributed by atoms with Crippen molar-refractivity contribution in [3.8, 4) is 0 Å². The van der Waals surface area contributed by atoms with E-state index in [9.17, 15) is 13.2 Å². The van der Waals surface area contributed by atoms with E-state index < -0.39 is 22.0 Å². The zero-order chi connectivity index (χ0) is 13.2. The minimum absolute atomic E-state index is 0.0293. The third kappa shape index (κ3) is 2.24. The first-order chi connectivity index (χ1) is 8.57. The number of carbonyl (C=O) groups is 1. The maximum Gasteiger partial charge on any atom is 0.261 e. The lowest BCUT2D eigenvalue weighted by Crippen LogP contribution is -2.55. The molecule has 2 rings (SSSR count). The summed E-state index contributed by atoms with van der Waals surface area (Å²) in [5.74, 6) is -0.391. The van der Waals surface area contributed by atoms with Crippen LogP contribution >= 0.6 is 0 Å². The first kappa shape index (κ1) is 13.0. The molecule has 1 aromatic rings. The topological polar surface area (TPSA) is 104 Å². The second kappa shape index (κ2) is 5.04. The third-order valence-corrected chi connectivity index (χ3v) is 4.52. The summed E-state index contributed by atoms with van der Waals surface area (Å²) in [7, 11) is -2.29. The average Bonchev–Trinajstić information content (AvgIpc) is 2.92. The van der Waals surface area contributed by atoms with Crippen LogP contribution in [0.3, 0.4) is 0 Å². The van der Waals surface area contributed by atoms with Crippen LogP contribution in [0, 0.1) is 0 Å². The minimum atomic E-state index is -3.75. The van der Waals surface area contributed by atoms with Crippen LogP contribution in [0.15, 0.2) is 17.6 Å². The van der Waals surface area contributed by atoms with Crippen molar-refractivity contribution in [2.75, 3.05) is 26.8 Å². The number of nitrogens with one attached hydrogen (secondary N) is 2. The summed E-state index contributed by atoms with van der Waals surface area (Å²) in [6, 6.07) is -0.850. The molecule has 1 aromatic heterocycles. The number of nitrogens with zero attached hydrogens (tertiary/aromatic N) is 2. The molecule has 0 aliphatic carbocycles. The van der Waals surface area contributed by atoms with Gasteiger partial charge in [0.15, 0.2) is 5.03 Å². The van der Waals surface area contributed by atoms with E-state index in [1.54, 1.807) is 0 Å². The molecule has 2 heterocycles. The number of likely N-dealkylation sites (N-methyl/N-ethyl adjacent to an activating group) is 1. The number of H-pyrrole nitrogens is 1. The number of ether oxygens (including phenoxy) is 1. The van der Waals surface area contributed by atoms with Crippen molar-refractivity contribution < 1.29 is 17.9 Å². The number of hydrogen-bond acceptors (Lipinski definition) is 5. The highest BCUT2D eigenvalue weighted by Gasteiger charge is 2.38. The number of aromatic nitrogens is 2. The van der Waals surface area contributed by atoms with Gasteiger partial charge in [0.1, 0.15) is 6.04 Å². The molecule has 0 spiro atoms. The smallest absolute Gasteiger partial charge is 0.261 e. The molecule has 1 amide bonds. The summed E-state index contributed by atoms with van der Waals surface area (Å²) < 4.78 is 30.9. The fraction of sp³-hybridized carbons (Fsp3) is 0.556. The van der Waals surface area contributed by atoms with E-state index in [-0.39, 0.29) is 24.8 Å². The number of aromatic amines is 1. The molecule has 8 nitrogen and oxygen atoms in total. The number of rotatable bonds is 3. The van der Waals surface area contributed by atoms with Gasteiger partial charge in [-0.2, -0.15) is 4.31 Å². The Morgan fingerprint density at radius 1 is 1.67 bits per heavy atom. The van der Waals surface area contributed by atoms with E-state index in [0.717, 1.165) is 4.31 Å². The number of imidazole rings is 1. The molecule has 2 N–H and O–H groups in total. The van der Waals surface area contributed by atoms with Crippen molar-refractivity contribution in [1.82, 2.24) is 19.6 Å². The van der Waals surface area contributed by atoms with Gasteiger partial charge in [-0.05, 0) is 0 Å². The van der Waals surface area contributed by atoms with Crippen molar-refractivity contribution in [2.24, 2.45) is 0 Å². The zero-order valence-electron chi connectivity index (χ0n) is 9.79. The van der Waals surface area contributed by atoms with Crippen LogP contribution in [-0.2, 0) is 19.6 Å². The number of amides is 1. The predicted octanol–water partition coefficient (Wildman–Crippen LogP) is -1.45. The van der Waals surface area contributed by atoms with Gasteiger partial charge in [-0.1, -0.05) is 0 Å². The first-order valence-corrected chi connectivity index (χ1v) is 6.81. The molecule has 1 atom stereocenters. The van der Waals surface area contributed by atoms with Crippen molar-refractivity contribution in [3.05, 3.63) is 12.5 Å². The highest BCUT2D eigenvalue weighted by atomic mass is 32.2. The Labute approximate surface area is 104 Å². The van der Waals surface area contributed by atoms with E-state index in [1.807, 2.05) is 0 Å². The quantitative estimate of drug-likeness (QED) is 0.701. The second-order valence-electron chi connectivity index (χ2n) is 3.74. The Bertz CT molecular complexity index is 513. The lowest BCUT2D eigenvalue weighted by molar-refractivity contribution is -0.128. The van der Waals surface area contributed by atoms with Gasteiger partial charge in [0, 0.05) is 13.6 Å². The fourth-order valence-corrected chi connectivity index (χ4v) is 3.21. The van der Waals surface area contributed by atoms with Crippen molar-refractivity contribution in [2.45, 2.75) is 11.1 Å². The SMILES string of the molecule is CNC(=O)C1COCCN1S(=O)(=O)c1cnc[nH]1. The first-order valence-electron chi connectivity index (χ1n) is 5.37. The molecule has 0 saturated carbocycles. The third-order valence-electron chi connectivity index (χ3n) is 2.69. The fourth-order valence-electron chi connectivity index (χ4n) is 1.76. The maximum atomic E-state index is 12.3. The molecule has 9 heteroatoms. The molecule has 0 radical (unpaired) electrons. The number of sulfonamides is 1. The van der Waals surface area contributed by atoms with Crippen LogP contribution in [-0.4, -0.2) is 61.4 Å². The van der Waals surface area contributed by atoms with Gasteiger partial charge in [0.2, 0.25) is 5.91 Å². The monoisotopic (exact) mass is 274 g/mol. The number of carbonyl (C=O) groups excluding carboxylic acids is 1. The van der Waals surface area contributed by atoms with Gasteiger partial charge in [-0.3, -0.25) is 4.79 Å². The summed E-state index contributed by atoms with van der Waals surface area (Å²) in [5.41, 5.74) is 0.